The van der Waals surface area contributed by atoms with E-state index in [1.54, 1.807) is 24.4 Å². The van der Waals surface area contributed by atoms with Gasteiger partial charge in [0.05, 0.1) is 6.61 Å². The zero-order valence-electron chi connectivity index (χ0n) is 21.8. The number of hydrogen-bond acceptors (Lipinski definition) is 4. The molecule has 2 aromatic heterocycles. The van der Waals surface area contributed by atoms with Gasteiger partial charge in [-0.2, -0.15) is 0 Å². The van der Waals surface area contributed by atoms with Crippen LogP contribution in [0.3, 0.4) is 0 Å². The van der Waals surface area contributed by atoms with Gasteiger partial charge in [0.15, 0.2) is 0 Å². The maximum absolute atomic E-state index is 13.9. The highest BCUT2D eigenvalue weighted by atomic mass is 19.1. The van der Waals surface area contributed by atoms with E-state index in [0.29, 0.717) is 37.5 Å². The molecule has 5 rings (SSSR count). The number of amides is 2. The van der Waals surface area contributed by atoms with Crippen molar-refractivity contribution in [3.05, 3.63) is 132 Å². The van der Waals surface area contributed by atoms with E-state index >= 15 is 0 Å². The van der Waals surface area contributed by atoms with E-state index in [9.17, 15) is 14.0 Å². The molecule has 0 radical (unpaired) electrons. The number of aromatic nitrogens is 2. The highest BCUT2D eigenvalue weighted by molar-refractivity contribution is 6.00. The Morgan fingerprint density at radius 3 is 2.50 bits per heavy atom. The molecule has 0 fully saturated rings. The van der Waals surface area contributed by atoms with Crippen molar-refractivity contribution in [3.8, 4) is 0 Å². The predicted octanol–water partition coefficient (Wildman–Crippen LogP) is 5.35. The van der Waals surface area contributed by atoms with Crippen molar-refractivity contribution in [2.45, 2.75) is 19.6 Å². The summed E-state index contributed by atoms with van der Waals surface area (Å²) in [5, 5.41) is 6.60. The molecule has 8 heteroatoms. The van der Waals surface area contributed by atoms with Crippen molar-refractivity contribution in [2.75, 3.05) is 18.5 Å². The maximum Gasteiger partial charge on any atom is 0.267 e. The summed E-state index contributed by atoms with van der Waals surface area (Å²) in [7, 11) is 0. The van der Waals surface area contributed by atoms with E-state index < -0.39 is 0 Å². The van der Waals surface area contributed by atoms with Crippen LogP contribution < -0.4 is 10.6 Å². The predicted molar refractivity (Wildman–Crippen MR) is 152 cm³/mol. The van der Waals surface area contributed by atoms with E-state index in [4.69, 9.17) is 4.74 Å². The van der Waals surface area contributed by atoms with Crippen LogP contribution >= 0.6 is 0 Å². The Hall–Kier alpha value is -4.82. The number of fused-ring (bicyclic) bond motifs is 1. The quantitative estimate of drug-likeness (QED) is 0.238. The molecule has 0 spiro atoms. The van der Waals surface area contributed by atoms with Gasteiger partial charge in [0.2, 0.25) is 5.91 Å². The lowest BCUT2D eigenvalue weighted by molar-refractivity contribution is -0.121. The summed E-state index contributed by atoms with van der Waals surface area (Å²) in [5.41, 5.74) is 4.42. The van der Waals surface area contributed by atoms with Crippen LogP contribution in [-0.2, 0) is 29.1 Å². The molecular weight excluding hydrogens is 507 g/mol. The first kappa shape index (κ1) is 26.8. The standard InChI is InChI=1S/C32H29FN4O3/c33-26-10-6-9-24(17-26)20-37-29-13-12-28(36-31(38)22-40-21-23-7-2-1-3-8-23)18-25(29)19-30(37)32(39)35-16-14-27-11-4-5-15-34-27/h1-13,15,17-19H,14,16,20-22H2,(H,35,39)(H,36,38). The largest absolute Gasteiger partial charge is 0.367 e. The molecule has 2 heterocycles. The fourth-order valence-corrected chi connectivity index (χ4v) is 4.50. The van der Waals surface area contributed by atoms with Gasteiger partial charge in [0.1, 0.15) is 18.1 Å². The Morgan fingerprint density at radius 2 is 1.70 bits per heavy atom. The number of carbonyl (C=O) groups is 2. The average molecular weight is 537 g/mol. The number of benzene rings is 3. The number of nitrogens with one attached hydrogen (secondary N) is 2. The van der Waals surface area contributed by atoms with Crippen LogP contribution in [0, 0.1) is 5.82 Å². The van der Waals surface area contributed by atoms with Crippen molar-refractivity contribution in [2.24, 2.45) is 0 Å². The highest BCUT2D eigenvalue weighted by Crippen LogP contribution is 2.25. The van der Waals surface area contributed by atoms with Gasteiger partial charge in [-0.25, -0.2) is 4.39 Å². The molecule has 3 aromatic carbocycles. The first-order valence-corrected chi connectivity index (χ1v) is 13.0. The molecule has 0 aliphatic heterocycles. The molecule has 0 atom stereocenters. The molecule has 2 N–H and O–H groups in total. The zero-order chi connectivity index (χ0) is 27.7. The molecular formula is C32H29FN4O3. The van der Waals surface area contributed by atoms with Crippen LogP contribution in [0.15, 0.2) is 103 Å². The Kier molecular flexibility index (Phi) is 8.58. The number of nitrogens with zero attached hydrogens (tertiary/aromatic N) is 2. The molecule has 0 saturated heterocycles. The Bertz CT molecular complexity index is 1600. The third-order valence-corrected chi connectivity index (χ3v) is 6.39. The van der Waals surface area contributed by atoms with Crippen molar-refractivity contribution in [1.29, 1.82) is 0 Å². The average Bonchev–Trinajstić information content (AvgIpc) is 3.31. The van der Waals surface area contributed by atoms with Crippen LogP contribution in [0.4, 0.5) is 10.1 Å². The second kappa shape index (κ2) is 12.8. The lowest BCUT2D eigenvalue weighted by Crippen LogP contribution is -2.28. The molecule has 2 amide bonds. The summed E-state index contributed by atoms with van der Waals surface area (Å²) in [6, 6.07) is 28.9. The summed E-state index contributed by atoms with van der Waals surface area (Å²) < 4.78 is 21.3. The summed E-state index contributed by atoms with van der Waals surface area (Å²) >= 11 is 0. The number of carbonyl (C=O) groups excluding carboxylic acids is 2. The number of halogens is 1. The van der Waals surface area contributed by atoms with Gasteiger partial charge in [-0.05, 0) is 59.7 Å². The zero-order valence-corrected chi connectivity index (χ0v) is 21.8. The van der Waals surface area contributed by atoms with Gasteiger partial charge in [-0.3, -0.25) is 14.6 Å². The Labute approximate surface area is 231 Å². The molecule has 0 bridgehead atoms. The van der Waals surface area contributed by atoms with Crippen LogP contribution in [-0.4, -0.2) is 34.5 Å². The van der Waals surface area contributed by atoms with Crippen molar-refractivity contribution >= 4 is 28.4 Å². The second-order valence-corrected chi connectivity index (χ2v) is 9.37. The lowest BCUT2D eigenvalue weighted by Gasteiger charge is -2.12. The molecule has 7 nitrogen and oxygen atoms in total. The Balaban J connectivity index is 1.31. The SMILES string of the molecule is O=C(COCc1ccccc1)Nc1ccc2c(c1)cc(C(=O)NCCc1ccccn1)n2Cc1cccc(F)c1. The smallest absolute Gasteiger partial charge is 0.267 e. The summed E-state index contributed by atoms with van der Waals surface area (Å²) in [4.78, 5) is 30.0. The Morgan fingerprint density at radius 1 is 0.875 bits per heavy atom. The molecule has 0 unspecified atom stereocenters. The minimum Gasteiger partial charge on any atom is -0.367 e. The molecule has 0 aliphatic carbocycles. The van der Waals surface area contributed by atoms with Gasteiger partial charge in [-0.1, -0.05) is 48.5 Å². The van der Waals surface area contributed by atoms with E-state index in [2.05, 4.69) is 15.6 Å². The van der Waals surface area contributed by atoms with Gasteiger partial charge in [0, 0.05) is 48.0 Å². The number of ether oxygens (including phenoxy) is 1. The van der Waals surface area contributed by atoms with Crippen molar-refractivity contribution < 1.29 is 18.7 Å². The van der Waals surface area contributed by atoms with Gasteiger partial charge >= 0.3 is 0 Å². The molecule has 0 aliphatic rings. The summed E-state index contributed by atoms with van der Waals surface area (Å²) in [5.74, 6) is -0.861. The number of anilines is 1. The van der Waals surface area contributed by atoms with E-state index in [-0.39, 0.29) is 24.2 Å². The number of hydrogen-bond donors (Lipinski definition) is 2. The lowest BCUT2D eigenvalue weighted by atomic mass is 10.2. The minimum absolute atomic E-state index is 0.0859. The number of pyridine rings is 1. The third-order valence-electron chi connectivity index (χ3n) is 6.39. The number of rotatable bonds is 11. The fraction of sp³-hybridized carbons (Fsp3) is 0.156. The highest BCUT2D eigenvalue weighted by Gasteiger charge is 2.17. The van der Waals surface area contributed by atoms with Crippen molar-refractivity contribution in [3.63, 3.8) is 0 Å². The topological polar surface area (TPSA) is 85.2 Å². The maximum atomic E-state index is 13.9. The van der Waals surface area contributed by atoms with Crippen LogP contribution in [0.5, 0.6) is 0 Å². The van der Waals surface area contributed by atoms with Gasteiger partial charge in [-0.15, -0.1) is 0 Å². The van der Waals surface area contributed by atoms with Crippen LogP contribution in [0.1, 0.15) is 27.3 Å². The van der Waals surface area contributed by atoms with E-state index in [1.165, 1.54) is 12.1 Å². The summed E-state index contributed by atoms with van der Waals surface area (Å²) in [6.07, 6.45) is 2.32. The molecule has 202 valence electrons. The fourth-order valence-electron chi connectivity index (χ4n) is 4.50. The third kappa shape index (κ3) is 6.98. The molecule has 0 saturated carbocycles. The molecule has 40 heavy (non-hydrogen) atoms. The van der Waals surface area contributed by atoms with E-state index in [0.717, 1.165) is 27.7 Å². The van der Waals surface area contributed by atoms with E-state index in [1.807, 2.05) is 71.3 Å². The normalized spacial score (nSPS) is 10.9. The van der Waals surface area contributed by atoms with Crippen molar-refractivity contribution in [1.82, 2.24) is 14.9 Å². The first-order chi connectivity index (χ1) is 19.5. The first-order valence-electron chi connectivity index (χ1n) is 13.0. The molecule has 5 aromatic rings. The summed E-state index contributed by atoms with van der Waals surface area (Å²) in [6.45, 7) is 0.984. The van der Waals surface area contributed by atoms with Gasteiger partial charge < -0.3 is 19.9 Å². The van der Waals surface area contributed by atoms with Crippen LogP contribution in [0.25, 0.3) is 10.9 Å². The monoisotopic (exact) mass is 536 g/mol. The van der Waals surface area contributed by atoms with Gasteiger partial charge in [0.25, 0.3) is 5.91 Å². The second-order valence-electron chi connectivity index (χ2n) is 9.37. The van der Waals surface area contributed by atoms with Crippen LogP contribution in [0.2, 0.25) is 0 Å². The minimum atomic E-state index is -0.338.